The van der Waals surface area contributed by atoms with Gasteiger partial charge in [0.15, 0.2) is 0 Å². The van der Waals surface area contributed by atoms with Crippen molar-refractivity contribution < 1.29 is 4.79 Å². The Bertz CT molecular complexity index is 570. The summed E-state index contributed by atoms with van der Waals surface area (Å²) in [7, 11) is 0. The Labute approximate surface area is 106 Å². The number of carbonyl (C=O) groups is 1. The second-order valence-corrected chi connectivity index (χ2v) is 4.61. The van der Waals surface area contributed by atoms with E-state index in [1.54, 1.807) is 11.2 Å². The average molecular weight is 241 g/mol. The zero-order valence-corrected chi connectivity index (χ0v) is 10.6. The van der Waals surface area contributed by atoms with Gasteiger partial charge in [-0.1, -0.05) is 26.0 Å². The van der Waals surface area contributed by atoms with Crippen molar-refractivity contribution in [3.8, 4) is 0 Å². The van der Waals surface area contributed by atoms with Crippen LogP contribution >= 0.6 is 0 Å². The van der Waals surface area contributed by atoms with Crippen LogP contribution in [0.25, 0.3) is 0 Å². The van der Waals surface area contributed by atoms with Crippen LogP contribution in [0.15, 0.2) is 34.3 Å². The van der Waals surface area contributed by atoms with E-state index in [9.17, 15) is 4.79 Å². The summed E-state index contributed by atoms with van der Waals surface area (Å²) >= 11 is 0. The molecule has 92 valence electrons. The molecule has 0 atom stereocenters. The monoisotopic (exact) mass is 241 g/mol. The van der Waals surface area contributed by atoms with Gasteiger partial charge in [0.25, 0.3) is 5.91 Å². The number of hydrogen-bond donors (Lipinski definition) is 0. The van der Waals surface area contributed by atoms with Gasteiger partial charge in [0.05, 0.1) is 5.69 Å². The van der Waals surface area contributed by atoms with Crippen LogP contribution in [0, 0.1) is 0 Å². The van der Waals surface area contributed by atoms with Crippen molar-refractivity contribution in [3.05, 3.63) is 29.8 Å². The molecule has 2 aliphatic rings. The molecule has 0 saturated heterocycles. The molecule has 3 rings (SSSR count). The lowest BCUT2D eigenvalue weighted by molar-refractivity contribution is -0.128. The predicted octanol–water partition coefficient (Wildman–Crippen LogP) is 2.51. The van der Waals surface area contributed by atoms with Crippen molar-refractivity contribution in [1.82, 2.24) is 4.90 Å². The summed E-state index contributed by atoms with van der Waals surface area (Å²) in [6.45, 7) is 4.01. The fourth-order valence-corrected chi connectivity index (χ4v) is 2.53. The topological polar surface area (TPSA) is 45.0 Å². The average Bonchev–Trinajstić information content (AvgIpc) is 2.73. The summed E-state index contributed by atoms with van der Waals surface area (Å²) in [6.07, 6.45) is 3.03. The fourth-order valence-electron chi connectivity index (χ4n) is 2.53. The first-order chi connectivity index (χ1) is 8.72. The second-order valence-electron chi connectivity index (χ2n) is 4.61. The van der Waals surface area contributed by atoms with Gasteiger partial charge >= 0.3 is 0 Å². The summed E-state index contributed by atoms with van der Waals surface area (Å²) in [4.78, 5) is 23.1. The van der Waals surface area contributed by atoms with Gasteiger partial charge in [0.2, 0.25) is 0 Å². The number of fused-ring (bicyclic) bond motifs is 3. The number of rotatable bonds is 2. The van der Waals surface area contributed by atoms with E-state index < -0.39 is 5.54 Å². The number of benzene rings is 1. The molecule has 1 amide bonds. The Morgan fingerprint density at radius 3 is 2.67 bits per heavy atom. The van der Waals surface area contributed by atoms with Crippen LogP contribution in [-0.2, 0) is 4.79 Å². The molecule has 1 aromatic carbocycles. The van der Waals surface area contributed by atoms with E-state index in [1.165, 1.54) is 0 Å². The number of nitrogens with zero attached hydrogens (tertiary/aromatic N) is 3. The van der Waals surface area contributed by atoms with Crippen molar-refractivity contribution in [2.24, 2.45) is 9.98 Å². The Hall–Kier alpha value is -1.97. The molecule has 0 N–H and O–H groups in total. The molecule has 0 unspecified atom stereocenters. The molecule has 0 fully saturated rings. The van der Waals surface area contributed by atoms with E-state index in [4.69, 9.17) is 4.99 Å². The summed E-state index contributed by atoms with van der Waals surface area (Å²) in [5.74, 6) is 0.787. The highest BCUT2D eigenvalue weighted by molar-refractivity contribution is 6.24. The molecule has 0 saturated carbocycles. The number of hydrogen-bond acceptors (Lipinski definition) is 3. The molecule has 0 bridgehead atoms. The maximum atomic E-state index is 12.5. The number of para-hydroxylation sites is 1. The second kappa shape index (κ2) is 3.77. The third-order valence-electron chi connectivity index (χ3n) is 3.79. The van der Waals surface area contributed by atoms with Crippen LogP contribution in [-0.4, -0.2) is 28.5 Å². The van der Waals surface area contributed by atoms with Crippen LogP contribution in [0.5, 0.6) is 0 Å². The van der Waals surface area contributed by atoms with Crippen LogP contribution in [0.3, 0.4) is 0 Å². The summed E-state index contributed by atoms with van der Waals surface area (Å²) < 4.78 is 0. The number of amides is 1. The summed E-state index contributed by atoms with van der Waals surface area (Å²) in [5, 5.41) is 0. The summed E-state index contributed by atoms with van der Waals surface area (Å²) in [5.41, 5.74) is 1.22. The minimum Gasteiger partial charge on any atom is -0.271 e. The maximum Gasteiger partial charge on any atom is 0.261 e. The molecular formula is C14H15N3O. The lowest BCUT2D eigenvalue weighted by Crippen LogP contribution is -2.42. The van der Waals surface area contributed by atoms with Crippen LogP contribution in [0.4, 0.5) is 5.69 Å². The molecule has 0 aromatic heterocycles. The molecule has 4 heteroatoms. The normalized spacial score (nSPS) is 19.6. The SMILES string of the molecule is CCC1(CC)N=C2c3ccccc3N=CN2C1=O. The van der Waals surface area contributed by atoms with Gasteiger partial charge in [0, 0.05) is 5.56 Å². The van der Waals surface area contributed by atoms with E-state index >= 15 is 0 Å². The number of amidine groups is 1. The van der Waals surface area contributed by atoms with Gasteiger partial charge in [-0.3, -0.25) is 14.7 Å². The molecule has 4 nitrogen and oxygen atoms in total. The van der Waals surface area contributed by atoms with Crippen molar-refractivity contribution >= 4 is 23.8 Å². The molecule has 18 heavy (non-hydrogen) atoms. The standard InChI is InChI=1S/C14H15N3O/c1-3-14(4-2)13(18)17-9-15-11-8-6-5-7-10(11)12(17)16-14/h5-9H,3-4H2,1-2H3. The highest BCUT2D eigenvalue weighted by Crippen LogP contribution is 2.35. The molecular weight excluding hydrogens is 226 g/mol. The molecule has 2 heterocycles. The lowest BCUT2D eigenvalue weighted by atomic mass is 9.93. The first kappa shape index (κ1) is 11.1. The Morgan fingerprint density at radius 2 is 1.94 bits per heavy atom. The third-order valence-corrected chi connectivity index (χ3v) is 3.79. The number of aliphatic imine (C=N–C) groups is 2. The van der Waals surface area contributed by atoms with Gasteiger partial charge in [0.1, 0.15) is 17.7 Å². The zero-order valence-electron chi connectivity index (χ0n) is 10.6. The fraction of sp³-hybridized carbons (Fsp3) is 0.357. The first-order valence-corrected chi connectivity index (χ1v) is 6.29. The maximum absolute atomic E-state index is 12.5. The predicted molar refractivity (Wildman–Crippen MR) is 71.3 cm³/mol. The van der Waals surface area contributed by atoms with Gasteiger partial charge in [-0.2, -0.15) is 0 Å². The van der Waals surface area contributed by atoms with Crippen molar-refractivity contribution in [2.45, 2.75) is 32.2 Å². The third kappa shape index (κ3) is 1.29. The van der Waals surface area contributed by atoms with E-state index in [0.717, 1.165) is 29.9 Å². The van der Waals surface area contributed by atoms with Crippen LogP contribution in [0.2, 0.25) is 0 Å². The molecule has 0 spiro atoms. The van der Waals surface area contributed by atoms with Crippen molar-refractivity contribution in [1.29, 1.82) is 0 Å². The van der Waals surface area contributed by atoms with Gasteiger partial charge in [-0.05, 0) is 25.0 Å². The lowest BCUT2D eigenvalue weighted by Gasteiger charge is -2.22. The van der Waals surface area contributed by atoms with E-state index in [0.29, 0.717) is 0 Å². The van der Waals surface area contributed by atoms with Crippen molar-refractivity contribution in [2.75, 3.05) is 0 Å². The largest absolute Gasteiger partial charge is 0.271 e. The van der Waals surface area contributed by atoms with Gasteiger partial charge < -0.3 is 0 Å². The Morgan fingerprint density at radius 1 is 1.22 bits per heavy atom. The van der Waals surface area contributed by atoms with Gasteiger partial charge in [-0.25, -0.2) is 4.99 Å². The van der Waals surface area contributed by atoms with E-state index in [1.807, 2.05) is 38.1 Å². The van der Waals surface area contributed by atoms with Crippen LogP contribution < -0.4 is 0 Å². The van der Waals surface area contributed by atoms with E-state index in [-0.39, 0.29) is 5.91 Å². The molecule has 0 aliphatic carbocycles. The zero-order chi connectivity index (χ0) is 12.8. The Balaban J connectivity index is 2.18. The smallest absolute Gasteiger partial charge is 0.261 e. The molecule has 0 radical (unpaired) electrons. The highest BCUT2D eigenvalue weighted by atomic mass is 16.2. The van der Waals surface area contributed by atoms with E-state index in [2.05, 4.69) is 4.99 Å². The molecule has 1 aromatic rings. The minimum absolute atomic E-state index is 0.0424. The summed E-state index contributed by atoms with van der Waals surface area (Å²) in [6, 6.07) is 7.79. The number of carbonyl (C=O) groups excluding carboxylic acids is 1. The minimum atomic E-state index is -0.598. The van der Waals surface area contributed by atoms with Crippen molar-refractivity contribution in [3.63, 3.8) is 0 Å². The first-order valence-electron chi connectivity index (χ1n) is 6.29. The Kier molecular flexibility index (Phi) is 2.33. The quantitative estimate of drug-likeness (QED) is 0.784. The van der Waals surface area contributed by atoms with Gasteiger partial charge in [-0.15, -0.1) is 0 Å². The van der Waals surface area contributed by atoms with Crippen LogP contribution in [0.1, 0.15) is 32.3 Å². The highest BCUT2D eigenvalue weighted by Gasteiger charge is 2.46. The molecule has 2 aliphatic heterocycles.